The highest BCUT2D eigenvalue weighted by atomic mass is 35.5. The van der Waals surface area contributed by atoms with Gasteiger partial charge in [-0.3, -0.25) is 4.79 Å². The van der Waals surface area contributed by atoms with Crippen molar-refractivity contribution in [1.29, 1.82) is 0 Å². The molecule has 116 valence electrons. The summed E-state index contributed by atoms with van der Waals surface area (Å²) in [7, 11) is 0. The van der Waals surface area contributed by atoms with Crippen LogP contribution in [-0.2, 0) is 4.79 Å². The Kier molecular flexibility index (Phi) is 4.64. The van der Waals surface area contributed by atoms with E-state index in [-0.39, 0.29) is 18.5 Å². The monoisotopic (exact) mass is 338 g/mol. The number of benzene rings is 1. The number of hydrogen-bond acceptors (Lipinski definition) is 3. The molecule has 0 spiro atoms. The highest BCUT2D eigenvalue weighted by molar-refractivity contribution is 7.10. The van der Waals surface area contributed by atoms with Crippen molar-refractivity contribution < 1.29 is 9.18 Å². The van der Waals surface area contributed by atoms with Gasteiger partial charge in [-0.15, -0.1) is 11.3 Å². The first-order valence-electron chi connectivity index (χ1n) is 7.17. The van der Waals surface area contributed by atoms with Crippen molar-refractivity contribution in [2.75, 3.05) is 18.4 Å². The van der Waals surface area contributed by atoms with Crippen LogP contribution in [0.4, 0.5) is 10.1 Å². The van der Waals surface area contributed by atoms with E-state index in [2.05, 4.69) is 11.4 Å². The van der Waals surface area contributed by atoms with Gasteiger partial charge in [-0.1, -0.05) is 17.7 Å². The van der Waals surface area contributed by atoms with E-state index >= 15 is 0 Å². The molecule has 1 atom stereocenters. The Morgan fingerprint density at radius 2 is 2.32 bits per heavy atom. The van der Waals surface area contributed by atoms with E-state index in [1.165, 1.54) is 10.9 Å². The molecule has 0 aliphatic carbocycles. The largest absolute Gasteiger partial charge is 0.374 e. The Hall–Kier alpha value is -1.59. The van der Waals surface area contributed by atoms with Crippen LogP contribution in [0.2, 0.25) is 5.02 Å². The number of thiophene rings is 1. The van der Waals surface area contributed by atoms with Gasteiger partial charge in [0.2, 0.25) is 5.91 Å². The van der Waals surface area contributed by atoms with E-state index < -0.39 is 5.82 Å². The van der Waals surface area contributed by atoms with Crippen molar-refractivity contribution in [3.05, 3.63) is 51.4 Å². The quantitative estimate of drug-likeness (QED) is 0.900. The van der Waals surface area contributed by atoms with Crippen LogP contribution in [-0.4, -0.2) is 23.9 Å². The fourth-order valence-corrected chi connectivity index (χ4v) is 3.78. The summed E-state index contributed by atoms with van der Waals surface area (Å²) >= 11 is 7.39. The standard InChI is InChI=1S/C16H16ClFN2OS/c17-11-5-6-13(12(18)9-11)19-10-16(21)20-7-1-3-14(20)15-4-2-8-22-15/h2,4-6,8-9,14,19H,1,3,7,10H2. The molecule has 1 saturated heterocycles. The normalized spacial score (nSPS) is 17.7. The molecule has 2 heterocycles. The number of nitrogens with zero attached hydrogens (tertiary/aromatic N) is 1. The maximum absolute atomic E-state index is 13.7. The van der Waals surface area contributed by atoms with Crippen molar-refractivity contribution in [2.24, 2.45) is 0 Å². The van der Waals surface area contributed by atoms with Gasteiger partial charge >= 0.3 is 0 Å². The number of hydrogen-bond donors (Lipinski definition) is 1. The minimum absolute atomic E-state index is 0.00903. The topological polar surface area (TPSA) is 32.3 Å². The predicted molar refractivity (Wildman–Crippen MR) is 87.9 cm³/mol. The SMILES string of the molecule is O=C(CNc1ccc(Cl)cc1F)N1CCCC1c1cccs1. The van der Waals surface area contributed by atoms with Crippen LogP contribution in [0.1, 0.15) is 23.8 Å². The highest BCUT2D eigenvalue weighted by Crippen LogP contribution is 2.34. The summed E-state index contributed by atoms with van der Waals surface area (Å²) < 4.78 is 13.7. The first-order valence-corrected chi connectivity index (χ1v) is 8.42. The van der Waals surface area contributed by atoms with Gasteiger partial charge in [0.05, 0.1) is 18.3 Å². The summed E-state index contributed by atoms with van der Waals surface area (Å²) in [6.45, 7) is 0.840. The van der Waals surface area contributed by atoms with Crippen LogP contribution in [0.25, 0.3) is 0 Å². The zero-order chi connectivity index (χ0) is 15.5. The molecule has 1 aliphatic heterocycles. The molecule has 3 rings (SSSR count). The lowest BCUT2D eigenvalue weighted by Crippen LogP contribution is -2.34. The van der Waals surface area contributed by atoms with Crippen molar-refractivity contribution in [3.63, 3.8) is 0 Å². The van der Waals surface area contributed by atoms with Gasteiger partial charge in [0.1, 0.15) is 5.82 Å². The molecule has 1 aromatic carbocycles. The molecule has 1 aromatic heterocycles. The lowest BCUT2D eigenvalue weighted by molar-refractivity contribution is -0.130. The lowest BCUT2D eigenvalue weighted by atomic mass is 10.2. The van der Waals surface area contributed by atoms with Gasteiger partial charge in [-0.2, -0.15) is 0 Å². The summed E-state index contributed by atoms with van der Waals surface area (Å²) in [6.07, 6.45) is 1.99. The van der Waals surface area contributed by atoms with Gasteiger partial charge in [0.25, 0.3) is 0 Å². The molecule has 3 nitrogen and oxygen atoms in total. The zero-order valence-electron chi connectivity index (χ0n) is 11.9. The van der Waals surface area contributed by atoms with Gasteiger partial charge < -0.3 is 10.2 Å². The summed E-state index contributed by atoms with van der Waals surface area (Å²) in [5, 5.41) is 5.23. The number of nitrogens with one attached hydrogen (secondary N) is 1. The molecule has 0 bridgehead atoms. The first-order chi connectivity index (χ1) is 10.6. The molecule has 6 heteroatoms. The van der Waals surface area contributed by atoms with E-state index in [0.29, 0.717) is 10.7 Å². The Labute approximate surface area is 137 Å². The molecule has 0 saturated carbocycles. The zero-order valence-corrected chi connectivity index (χ0v) is 13.5. The Bertz CT molecular complexity index is 662. The number of carbonyl (C=O) groups excluding carboxylic acids is 1. The number of halogens is 2. The molecular weight excluding hydrogens is 323 g/mol. The number of likely N-dealkylation sites (tertiary alicyclic amines) is 1. The second-order valence-corrected chi connectivity index (χ2v) is 6.65. The predicted octanol–water partition coefficient (Wildman–Crippen LogP) is 4.32. The molecule has 22 heavy (non-hydrogen) atoms. The van der Waals surface area contributed by atoms with E-state index in [9.17, 15) is 9.18 Å². The average Bonchev–Trinajstić information content (AvgIpc) is 3.16. The maximum atomic E-state index is 13.7. The molecular formula is C16H16ClFN2OS. The molecule has 1 N–H and O–H groups in total. The third kappa shape index (κ3) is 3.25. The van der Waals surface area contributed by atoms with E-state index in [4.69, 9.17) is 11.6 Å². The second kappa shape index (κ2) is 6.67. The third-order valence-corrected chi connectivity index (χ3v) is 5.01. The van der Waals surface area contributed by atoms with Crippen LogP contribution in [0.3, 0.4) is 0 Å². The second-order valence-electron chi connectivity index (χ2n) is 5.24. The van der Waals surface area contributed by atoms with Gasteiger partial charge in [-0.25, -0.2) is 4.39 Å². The minimum Gasteiger partial charge on any atom is -0.374 e. The fourth-order valence-electron chi connectivity index (χ4n) is 2.75. The van der Waals surface area contributed by atoms with Crippen molar-refractivity contribution in [1.82, 2.24) is 4.90 Å². The number of rotatable bonds is 4. The maximum Gasteiger partial charge on any atom is 0.242 e. The van der Waals surface area contributed by atoms with Gasteiger partial charge in [0.15, 0.2) is 0 Å². The summed E-state index contributed by atoms with van der Waals surface area (Å²) in [5.74, 6) is -0.457. The summed E-state index contributed by atoms with van der Waals surface area (Å²) in [6, 6.07) is 8.60. The van der Waals surface area contributed by atoms with Crippen LogP contribution in [0.5, 0.6) is 0 Å². The summed E-state index contributed by atoms with van der Waals surface area (Å²) in [5.41, 5.74) is 0.296. The Morgan fingerprint density at radius 1 is 1.45 bits per heavy atom. The van der Waals surface area contributed by atoms with Crippen LogP contribution < -0.4 is 5.32 Å². The highest BCUT2D eigenvalue weighted by Gasteiger charge is 2.30. The van der Waals surface area contributed by atoms with Crippen LogP contribution in [0.15, 0.2) is 35.7 Å². The van der Waals surface area contributed by atoms with E-state index in [1.54, 1.807) is 23.5 Å². The minimum atomic E-state index is -0.448. The molecule has 1 amide bonds. The Balaban J connectivity index is 1.64. The lowest BCUT2D eigenvalue weighted by Gasteiger charge is -2.24. The smallest absolute Gasteiger partial charge is 0.242 e. The van der Waals surface area contributed by atoms with Gasteiger partial charge in [0, 0.05) is 16.4 Å². The molecule has 1 fully saturated rings. The van der Waals surface area contributed by atoms with Crippen molar-refractivity contribution in [3.8, 4) is 0 Å². The van der Waals surface area contributed by atoms with E-state index in [1.807, 2.05) is 16.3 Å². The van der Waals surface area contributed by atoms with Crippen molar-refractivity contribution >= 4 is 34.5 Å². The van der Waals surface area contributed by atoms with Crippen LogP contribution in [0, 0.1) is 5.82 Å². The van der Waals surface area contributed by atoms with E-state index in [0.717, 1.165) is 19.4 Å². The molecule has 1 aliphatic rings. The van der Waals surface area contributed by atoms with Crippen molar-refractivity contribution in [2.45, 2.75) is 18.9 Å². The van der Waals surface area contributed by atoms with Gasteiger partial charge in [-0.05, 0) is 42.5 Å². The molecule has 1 unspecified atom stereocenters. The fraction of sp³-hybridized carbons (Fsp3) is 0.312. The first kappa shape index (κ1) is 15.3. The third-order valence-electron chi connectivity index (χ3n) is 3.81. The molecule has 2 aromatic rings. The number of amides is 1. The average molecular weight is 339 g/mol. The summed E-state index contributed by atoms with van der Waals surface area (Å²) in [4.78, 5) is 15.5. The Morgan fingerprint density at radius 3 is 3.05 bits per heavy atom. The number of carbonyl (C=O) groups is 1. The molecule has 0 radical (unpaired) electrons. The van der Waals surface area contributed by atoms with Crippen LogP contribution >= 0.6 is 22.9 Å². The number of anilines is 1.